The van der Waals surface area contributed by atoms with E-state index in [1.807, 2.05) is 19.2 Å². The second-order valence-electron chi connectivity index (χ2n) is 4.83. The maximum atomic E-state index is 12.9. The van der Waals surface area contributed by atoms with Gasteiger partial charge >= 0.3 is 12.3 Å². The molecule has 1 aliphatic heterocycles. The lowest BCUT2D eigenvalue weighted by Gasteiger charge is -2.40. The summed E-state index contributed by atoms with van der Waals surface area (Å²) < 4.78 is 55.5. The highest BCUT2D eigenvalue weighted by Crippen LogP contribution is 2.32. The van der Waals surface area contributed by atoms with Crippen LogP contribution in [0.2, 0.25) is 0 Å². The number of alkyl halides is 4. The molecule has 1 atom stereocenters. The number of carbonyl (C=O) groups is 1. The monoisotopic (exact) mass is 285 g/mol. The van der Waals surface area contributed by atoms with Gasteiger partial charge in [0.2, 0.25) is 0 Å². The van der Waals surface area contributed by atoms with E-state index in [4.69, 9.17) is 4.74 Å². The lowest BCUT2D eigenvalue weighted by molar-refractivity contribution is -0.172. The first-order valence-electron chi connectivity index (χ1n) is 6.38. The van der Waals surface area contributed by atoms with E-state index in [-0.39, 0.29) is 0 Å². The summed E-state index contributed by atoms with van der Waals surface area (Å²) in [7, 11) is 0. The molecule has 1 rings (SSSR count). The first-order valence-corrected chi connectivity index (χ1v) is 6.38. The quantitative estimate of drug-likeness (QED) is 0.789. The van der Waals surface area contributed by atoms with Gasteiger partial charge in [-0.05, 0) is 25.7 Å². The largest absolute Gasteiger partial charge is 0.383 e. The molecule has 1 heterocycles. The molecule has 0 saturated carbocycles. The number of amides is 1. The van der Waals surface area contributed by atoms with Gasteiger partial charge in [0.1, 0.15) is 0 Å². The Kier molecular flexibility index (Phi) is 5.18. The Balaban J connectivity index is 2.65. The van der Waals surface area contributed by atoms with Crippen molar-refractivity contribution in [3.05, 3.63) is 0 Å². The van der Waals surface area contributed by atoms with Crippen LogP contribution < -0.4 is 5.32 Å². The average molecular weight is 285 g/mol. The van der Waals surface area contributed by atoms with Crippen molar-refractivity contribution in [1.29, 1.82) is 0 Å². The number of nitrogens with one attached hydrogen (secondary N) is 1. The zero-order chi connectivity index (χ0) is 14.7. The Hall–Kier alpha value is -0.850. The van der Waals surface area contributed by atoms with Crippen LogP contribution in [0.15, 0.2) is 0 Å². The van der Waals surface area contributed by atoms with Crippen molar-refractivity contribution in [1.82, 2.24) is 5.32 Å². The zero-order valence-corrected chi connectivity index (χ0v) is 11.0. The highest BCUT2D eigenvalue weighted by molar-refractivity contribution is 5.84. The van der Waals surface area contributed by atoms with E-state index < -0.39 is 29.9 Å². The second-order valence-corrected chi connectivity index (χ2v) is 4.83. The fraction of sp³-hybridized carbons (Fsp3) is 0.917. The summed E-state index contributed by atoms with van der Waals surface area (Å²) in [5.74, 6) is -6.55. The van der Waals surface area contributed by atoms with Crippen LogP contribution >= 0.6 is 0 Å². The fourth-order valence-corrected chi connectivity index (χ4v) is 2.27. The molecule has 0 aromatic rings. The van der Waals surface area contributed by atoms with Crippen LogP contribution in [0, 0.1) is 0 Å². The number of halogens is 4. The van der Waals surface area contributed by atoms with Crippen molar-refractivity contribution in [2.75, 3.05) is 6.61 Å². The summed E-state index contributed by atoms with van der Waals surface area (Å²) in [6, 6.07) is -0.550. The van der Waals surface area contributed by atoms with Crippen LogP contribution in [-0.2, 0) is 9.53 Å². The Morgan fingerprint density at radius 2 is 2.00 bits per heavy atom. The molecule has 7 heteroatoms. The van der Waals surface area contributed by atoms with Crippen LogP contribution in [0.5, 0.6) is 0 Å². The molecule has 112 valence electrons. The molecule has 1 fully saturated rings. The number of hydrogen-bond donors (Lipinski definition) is 1. The summed E-state index contributed by atoms with van der Waals surface area (Å²) in [4.78, 5) is 11.2. The van der Waals surface area contributed by atoms with Crippen molar-refractivity contribution in [2.45, 2.75) is 63.5 Å². The Morgan fingerprint density at radius 3 is 2.47 bits per heavy atom. The summed E-state index contributed by atoms with van der Waals surface area (Å²) >= 11 is 0. The van der Waals surface area contributed by atoms with Gasteiger partial charge in [-0.25, -0.2) is 8.78 Å². The van der Waals surface area contributed by atoms with Gasteiger partial charge in [0, 0.05) is 12.6 Å². The van der Waals surface area contributed by atoms with Gasteiger partial charge in [0.25, 0.3) is 5.91 Å². The number of rotatable bonds is 5. The van der Waals surface area contributed by atoms with Gasteiger partial charge < -0.3 is 10.1 Å². The van der Waals surface area contributed by atoms with Crippen LogP contribution in [0.3, 0.4) is 0 Å². The van der Waals surface area contributed by atoms with E-state index in [0.717, 1.165) is 0 Å². The van der Waals surface area contributed by atoms with Gasteiger partial charge in [-0.2, -0.15) is 8.78 Å². The molecular formula is C12H19F4NO2. The van der Waals surface area contributed by atoms with E-state index in [1.54, 1.807) is 0 Å². The Morgan fingerprint density at radius 1 is 1.42 bits per heavy atom. The molecule has 0 spiro atoms. The predicted octanol–water partition coefficient (Wildman–Crippen LogP) is 2.74. The van der Waals surface area contributed by atoms with Gasteiger partial charge in [0.15, 0.2) is 0 Å². The van der Waals surface area contributed by atoms with Crippen molar-refractivity contribution < 1.29 is 27.1 Å². The first-order chi connectivity index (χ1) is 8.77. The van der Waals surface area contributed by atoms with Gasteiger partial charge in [0.05, 0.1) is 5.60 Å². The topological polar surface area (TPSA) is 38.3 Å². The molecule has 0 aromatic heterocycles. The standard InChI is InChI=1S/C12H19F4NO2/c1-3-11(4-2)7-8(5-6-19-11)17-10(18)12(15,16)9(13)14/h8-9H,3-7H2,1-2H3,(H,17,18). The minimum absolute atomic E-state index is 0.326. The van der Waals surface area contributed by atoms with Crippen molar-refractivity contribution in [3.8, 4) is 0 Å². The smallest absolute Gasteiger partial charge is 0.375 e. The molecule has 0 aromatic carbocycles. The van der Waals surface area contributed by atoms with Gasteiger partial charge in [-0.15, -0.1) is 0 Å². The lowest BCUT2D eigenvalue weighted by atomic mass is 9.86. The van der Waals surface area contributed by atoms with Crippen molar-refractivity contribution in [3.63, 3.8) is 0 Å². The zero-order valence-electron chi connectivity index (χ0n) is 11.0. The Bertz CT molecular complexity index is 319. The highest BCUT2D eigenvalue weighted by atomic mass is 19.3. The van der Waals surface area contributed by atoms with E-state index >= 15 is 0 Å². The minimum Gasteiger partial charge on any atom is -0.375 e. The normalized spacial score (nSPS) is 23.4. The molecule has 1 N–H and O–H groups in total. The number of carbonyl (C=O) groups excluding carboxylic acids is 1. The molecule has 1 amide bonds. The molecule has 0 aliphatic carbocycles. The Labute approximate surface area is 109 Å². The molecule has 19 heavy (non-hydrogen) atoms. The second kappa shape index (κ2) is 6.07. The maximum absolute atomic E-state index is 12.9. The van der Waals surface area contributed by atoms with Crippen LogP contribution in [0.4, 0.5) is 17.6 Å². The summed E-state index contributed by atoms with van der Waals surface area (Å²) in [6.07, 6.45) is -1.91. The number of ether oxygens (including phenoxy) is 1. The van der Waals surface area contributed by atoms with E-state index in [1.165, 1.54) is 0 Å². The fourth-order valence-electron chi connectivity index (χ4n) is 2.27. The van der Waals surface area contributed by atoms with E-state index in [9.17, 15) is 22.4 Å². The van der Waals surface area contributed by atoms with Crippen molar-refractivity contribution >= 4 is 5.91 Å². The van der Waals surface area contributed by atoms with Crippen LogP contribution in [0.25, 0.3) is 0 Å². The van der Waals surface area contributed by atoms with Gasteiger partial charge in [-0.1, -0.05) is 13.8 Å². The molecule has 1 aliphatic rings. The minimum atomic E-state index is -4.64. The summed E-state index contributed by atoms with van der Waals surface area (Å²) in [6.45, 7) is 4.13. The SMILES string of the molecule is CCC1(CC)CC(NC(=O)C(F)(F)C(F)F)CCO1. The van der Waals surface area contributed by atoms with Crippen LogP contribution in [-0.4, -0.2) is 36.5 Å². The molecule has 1 saturated heterocycles. The van der Waals surface area contributed by atoms with E-state index in [2.05, 4.69) is 0 Å². The first kappa shape index (κ1) is 16.2. The lowest BCUT2D eigenvalue weighted by Crippen LogP contribution is -2.53. The number of hydrogen-bond acceptors (Lipinski definition) is 2. The molecule has 3 nitrogen and oxygen atoms in total. The third-order valence-electron chi connectivity index (χ3n) is 3.69. The molecular weight excluding hydrogens is 266 g/mol. The van der Waals surface area contributed by atoms with Crippen LogP contribution in [0.1, 0.15) is 39.5 Å². The molecule has 0 radical (unpaired) electrons. The predicted molar refractivity (Wildman–Crippen MR) is 61.4 cm³/mol. The molecule has 0 bridgehead atoms. The van der Waals surface area contributed by atoms with Crippen molar-refractivity contribution in [2.24, 2.45) is 0 Å². The summed E-state index contributed by atoms with van der Waals surface area (Å²) in [5.41, 5.74) is -0.462. The summed E-state index contributed by atoms with van der Waals surface area (Å²) in [5, 5.41) is 2.01. The third kappa shape index (κ3) is 3.58. The third-order valence-corrected chi connectivity index (χ3v) is 3.69. The highest BCUT2D eigenvalue weighted by Gasteiger charge is 2.50. The van der Waals surface area contributed by atoms with Gasteiger partial charge in [-0.3, -0.25) is 4.79 Å². The maximum Gasteiger partial charge on any atom is 0.383 e. The molecule has 1 unspecified atom stereocenters. The average Bonchev–Trinajstić information content (AvgIpc) is 2.38. The van der Waals surface area contributed by atoms with E-state index in [0.29, 0.717) is 32.3 Å².